The lowest BCUT2D eigenvalue weighted by Crippen LogP contribution is -2.50. The van der Waals surface area contributed by atoms with Crippen LogP contribution in [0, 0.1) is 23.2 Å². The van der Waals surface area contributed by atoms with Gasteiger partial charge < -0.3 is 5.32 Å². The Kier molecular flexibility index (Phi) is 17.0. The molecule has 0 saturated carbocycles. The SMILES string of the molecule is CC.CC(C)C(=O)[C@@H](Nc1cccnc1)C(C)C.CCN(CC)[C@@H](C(=O)C(C)C)C(C)(C)C.[HH]. The van der Waals surface area contributed by atoms with E-state index in [4.69, 9.17) is 0 Å². The molecule has 0 aliphatic heterocycles. The second-order valence-corrected chi connectivity index (χ2v) is 10.2. The fraction of sp³-hybridized carbons (Fsp3) is 0.750. The first-order valence-corrected chi connectivity index (χ1v) is 12.8. The lowest BCUT2D eigenvalue weighted by atomic mass is 9.80. The van der Waals surface area contributed by atoms with Gasteiger partial charge in [-0.25, -0.2) is 0 Å². The smallest absolute Gasteiger partial charge is 0.157 e. The van der Waals surface area contributed by atoms with E-state index in [-0.39, 0.29) is 42.5 Å². The Bertz CT molecular complexity index is 651. The van der Waals surface area contributed by atoms with E-state index in [9.17, 15) is 9.59 Å². The molecule has 0 amide bonds. The summed E-state index contributed by atoms with van der Waals surface area (Å²) in [6.45, 7) is 28.5. The van der Waals surface area contributed by atoms with Gasteiger partial charge in [0.25, 0.3) is 0 Å². The van der Waals surface area contributed by atoms with Gasteiger partial charge in [0.15, 0.2) is 11.6 Å². The van der Waals surface area contributed by atoms with Crippen molar-refractivity contribution in [2.45, 2.75) is 102 Å². The average molecular weight is 466 g/mol. The maximum absolute atomic E-state index is 12.2. The minimum absolute atomic E-state index is 0. The van der Waals surface area contributed by atoms with Crippen LogP contribution in [-0.2, 0) is 9.59 Å². The van der Waals surface area contributed by atoms with Crippen LogP contribution in [0.2, 0.25) is 0 Å². The van der Waals surface area contributed by atoms with Crippen molar-refractivity contribution < 1.29 is 11.0 Å². The van der Waals surface area contributed by atoms with Crippen molar-refractivity contribution in [3.05, 3.63) is 24.5 Å². The van der Waals surface area contributed by atoms with Crippen molar-refractivity contribution in [2.24, 2.45) is 23.2 Å². The number of anilines is 1. The molecule has 0 fully saturated rings. The molecule has 1 N–H and O–H groups in total. The molecular weight excluding hydrogens is 410 g/mol. The van der Waals surface area contributed by atoms with Crippen LogP contribution in [0.1, 0.15) is 91.4 Å². The summed E-state index contributed by atoms with van der Waals surface area (Å²) in [6.07, 6.45) is 3.46. The first-order chi connectivity index (χ1) is 15.3. The molecule has 0 bridgehead atoms. The Morgan fingerprint density at radius 1 is 0.970 bits per heavy atom. The summed E-state index contributed by atoms with van der Waals surface area (Å²) in [6, 6.07) is 3.70. The van der Waals surface area contributed by atoms with Crippen molar-refractivity contribution in [1.29, 1.82) is 0 Å². The van der Waals surface area contributed by atoms with Crippen LogP contribution in [0.5, 0.6) is 0 Å². The number of hydrogen-bond acceptors (Lipinski definition) is 5. The molecule has 0 aromatic carbocycles. The third kappa shape index (κ3) is 12.3. The van der Waals surface area contributed by atoms with E-state index in [1.165, 1.54) is 0 Å². The standard InChI is InChI=1S/C13H20N2O.C13H27NO.C2H6.H2/c1-9(2)12(13(16)10(3)4)15-11-6-5-7-14-8-11;1-8-14(9-2)12(13(5,6)7)11(15)10(3)4;1-2;/h5-10,12,15H,1-4H3;10,12H,8-9H2,1-7H3;1-2H3;1H/t2*12-;;/m00../s1. The zero-order valence-corrected chi connectivity index (χ0v) is 23.8. The van der Waals surface area contributed by atoms with Gasteiger partial charge in [-0.15, -0.1) is 0 Å². The minimum atomic E-state index is -0.135. The molecule has 33 heavy (non-hydrogen) atoms. The molecular formula is C28H55N3O2. The molecule has 0 aliphatic rings. The van der Waals surface area contributed by atoms with Gasteiger partial charge in [-0.1, -0.05) is 90.0 Å². The van der Waals surface area contributed by atoms with Gasteiger partial charge in [0.05, 0.1) is 17.8 Å². The maximum Gasteiger partial charge on any atom is 0.157 e. The summed E-state index contributed by atoms with van der Waals surface area (Å²) < 4.78 is 0. The summed E-state index contributed by atoms with van der Waals surface area (Å²) in [5.74, 6) is 1.06. The molecule has 194 valence electrons. The van der Waals surface area contributed by atoms with Gasteiger partial charge >= 0.3 is 0 Å². The molecule has 0 spiro atoms. The van der Waals surface area contributed by atoms with Gasteiger partial charge in [0.1, 0.15) is 0 Å². The Balaban J connectivity index is -0.000000514. The number of hydrogen-bond donors (Lipinski definition) is 1. The quantitative estimate of drug-likeness (QED) is 0.404. The largest absolute Gasteiger partial charge is 0.374 e. The number of rotatable bonds is 10. The summed E-state index contributed by atoms with van der Waals surface area (Å²) >= 11 is 0. The van der Waals surface area contributed by atoms with Gasteiger partial charge in [0.2, 0.25) is 0 Å². The highest BCUT2D eigenvalue weighted by Crippen LogP contribution is 2.27. The normalized spacial score (nSPS) is 13.1. The third-order valence-electron chi connectivity index (χ3n) is 5.36. The second kappa shape index (κ2) is 16.8. The van der Waals surface area contributed by atoms with Crippen molar-refractivity contribution >= 4 is 17.3 Å². The van der Waals surface area contributed by atoms with Crippen LogP contribution >= 0.6 is 0 Å². The molecule has 0 unspecified atom stereocenters. The highest BCUT2D eigenvalue weighted by Gasteiger charge is 2.35. The summed E-state index contributed by atoms with van der Waals surface area (Å²) in [4.78, 5) is 30.5. The van der Waals surface area contributed by atoms with E-state index < -0.39 is 0 Å². The fourth-order valence-corrected chi connectivity index (χ4v) is 3.61. The molecule has 0 aliphatic carbocycles. The lowest BCUT2D eigenvalue weighted by Gasteiger charge is -2.39. The van der Waals surface area contributed by atoms with Crippen LogP contribution in [0.15, 0.2) is 24.5 Å². The van der Waals surface area contributed by atoms with E-state index in [1.54, 1.807) is 12.4 Å². The average Bonchev–Trinajstić information content (AvgIpc) is 2.76. The Hall–Kier alpha value is -1.75. The number of ketones is 2. The highest BCUT2D eigenvalue weighted by atomic mass is 16.1. The molecule has 5 nitrogen and oxygen atoms in total. The van der Waals surface area contributed by atoms with Crippen LogP contribution in [0.3, 0.4) is 0 Å². The van der Waals surface area contributed by atoms with Crippen molar-refractivity contribution in [2.75, 3.05) is 18.4 Å². The lowest BCUT2D eigenvalue weighted by molar-refractivity contribution is -0.131. The Labute approximate surface area is 206 Å². The predicted molar refractivity (Wildman–Crippen MR) is 146 cm³/mol. The number of nitrogens with one attached hydrogen (secondary N) is 1. The summed E-state index contributed by atoms with van der Waals surface area (Å²) in [5.41, 5.74) is 0.920. The number of nitrogens with zero attached hydrogens (tertiary/aromatic N) is 2. The molecule has 1 aromatic heterocycles. The molecule has 0 radical (unpaired) electrons. The summed E-state index contributed by atoms with van der Waals surface area (Å²) in [5, 5.41) is 3.25. The topological polar surface area (TPSA) is 62.3 Å². The monoisotopic (exact) mass is 465 g/mol. The van der Waals surface area contributed by atoms with Gasteiger partial charge in [-0.2, -0.15) is 0 Å². The zero-order chi connectivity index (χ0) is 26.4. The number of Topliss-reactive ketones (excluding diaryl/α,β-unsaturated/α-hetero) is 2. The number of carbonyl (C=O) groups excluding carboxylic acids is 2. The fourth-order valence-electron chi connectivity index (χ4n) is 3.61. The van der Waals surface area contributed by atoms with Crippen LogP contribution in [-0.4, -0.2) is 46.6 Å². The molecule has 0 saturated heterocycles. The van der Waals surface area contributed by atoms with Gasteiger partial charge in [-0.05, 0) is 36.6 Å². The van der Waals surface area contributed by atoms with Crippen molar-refractivity contribution in [1.82, 2.24) is 9.88 Å². The molecule has 1 rings (SSSR count). The zero-order valence-electron chi connectivity index (χ0n) is 23.8. The molecule has 2 atom stereocenters. The number of pyridine rings is 1. The van der Waals surface area contributed by atoms with Crippen LogP contribution in [0.25, 0.3) is 0 Å². The van der Waals surface area contributed by atoms with Gasteiger partial charge in [0, 0.05) is 25.7 Å². The number of likely N-dealkylation sites (N-methyl/N-ethyl adjacent to an activating group) is 1. The highest BCUT2D eigenvalue weighted by molar-refractivity contribution is 5.88. The van der Waals surface area contributed by atoms with Crippen molar-refractivity contribution in [3.8, 4) is 0 Å². The third-order valence-corrected chi connectivity index (χ3v) is 5.36. The Morgan fingerprint density at radius 3 is 1.76 bits per heavy atom. The van der Waals surface area contributed by atoms with Crippen molar-refractivity contribution in [3.63, 3.8) is 0 Å². The molecule has 1 heterocycles. The molecule has 1 aromatic rings. The van der Waals surface area contributed by atoms with E-state index >= 15 is 0 Å². The predicted octanol–water partition coefficient (Wildman–Crippen LogP) is 6.98. The van der Waals surface area contributed by atoms with E-state index in [0.29, 0.717) is 5.78 Å². The van der Waals surface area contributed by atoms with Crippen LogP contribution < -0.4 is 5.32 Å². The molecule has 5 heteroatoms. The Morgan fingerprint density at radius 2 is 1.45 bits per heavy atom. The van der Waals surface area contributed by atoms with Gasteiger partial charge in [-0.3, -0.25) is 19.5 Å². The second-order valence-electron chi connectivity index (χ2n) is 10.2. The van der Waals surface area contributed by atoms with E-state index in [0.717, 1.165) is 18.8 Å². The first kappa shape index (κ1) is 33.4. The van der Waals surface area contributed by atoms with E-state index in [1.807, 2.05) is 67.5 Å². The summed E-state index contributed by atoms with van der Waals surface area (Å²) in [7, 11) is 0. The maximum atomic E-state index is 12.2. The number of carbonyl (C=O) groups is 2. The number of aromatic nitrogens is 1. The minimum Gasteiger partial charge on any atom is -0.374 e. The van der Waals surface area contributed by atoms with Crippen LogP contribution in [0.4, 0.5) is 5.69 Å². The first-order valence-electron chi connectivity index (χ1n) is 12.8. The van der Waals surface area contributed by atoms with E-state index in [2.05, 4.69) is 49.8 Å².